The molecule has 2 aromatic rings. The molecule has 19 heavy (non-hydrogen) atoms. The highest BCUT2D eigenvalue weighted by Gasteiger charge is 2.01. The van der Waals surface area contributed by atoms with Crippen LogP contribution in [0, 0.1) is 25.7 Å². The highest BCUT2D eigenvalue weighted by molar-refractivity contribution is 5.39. The maximum absolute atomic E-state index is 5.06. The van der Waals surface area contributed by atoms with Crippen LogP contribution >= 0.6 is 0 Å². The fraction of sp³-hybridized carbons (Fsp3) is 0.333. The fourth-order valence-corrected chi connectivity index (χ4v) is 1.74. The maximum atomic E-state index is 5.06. The van der Waals surface area contributed by atoms with E-state index in [0.717, 1.165) is 29.3 Å². The van der Waals surface area contributed by atoms with Crippen molar-refractivity contribution in [2.24, 2.45) is 0 Å². The van der Waals surface area contributed by atoms with E-state index in [9.17, 15) is 0 Å². The summed E-state index contributed by atoms with van der Waals surface area (Å²) in [4.78, 5) is 8.56. The van der Waals surface area contributed by atoms with Gasteiger partial charge in [-0.25, -0.2) is 4.98 Å². The minimum Gasteiger partial charge on any atom is -0.383 e. The highest BCUT2D eigenvalue weighted by atomic mass is 16.5. The van der Waals surface area contributed by atoms with Gasteiger partial charge in [-0.15, -0.1) is 0 Å². The second-order valence-electron chi connectivity index (χ2n) is 4.30. The van der Waals surface area contributed by atoms with Gasteiger partial charge in [0.25, 0.3) is 0 Å². The van der Waals surface area contributed by atoms with E-state index in [1.807, 2.05) is 36.7 Å². The standard InChI is InChI=1S/C15H17N3O/c1-12-10-14(6-7-16-12)4-5-15-11-18(8-9-19-3)13(2)17-15/h6-7,10-11H,8-9H2,1-3H3. The van der Waals surface area contributed by atoms with E-state index in [1.165, 1.54) is 0 Å². The molecule has 0 unspecified atom stereocenters. The number of hydrogen-bond acceptors (Lipinski definition) is 3. The van der Waals surface area contributed by atoms with E-state index < -0.39 is 0 Å². The van der Waals surface area contributed by atoms with Gasteiger partial charge in [-0.2, -0.15) is 0 Å². The van der Waals surface area contributed by atoms with E-state index in [1.54, 1.807) is 13.3 Å². The molecule has 0 bridgehead atoms. The van der Waals surface area contributed by atoms with Gasteiger partial charge >= 0.3 is 0 Å². The lowest BCUT2D eigenvalue weighted by Gasteiger charge is -2.01. The predicted octanol–water partition coefficient (Wildman–Crippen LogP) is 1.94. The van der Waals surface area contributed by atoms with Gasteiger partial charge in [-0.05, 0) is 31.9 Å². The van der Waals surface area contributed by atoms with Gasteiger partial charge in [0.2, 0.25) is 0 Å². The van der Waals surface area contributed by atoms with Crippen LogP contribution in [0.15, 0.2) is 24.5 Å². The lowest BCUT2D eigenvalue weighted by atomic mass is 10.2. The third kappa shape index (κ3) is 3.67. The summed E-state index contributed by atoms with van der Waals surface area (Å²) in [6.07, 6.45) is 3.72. The molecule has 0 spiro atoms. The zero-order valence-electron chi connectivity index (χ0n) is 11.5. The van der Waals surface area contributed by atoms with Crippen LogP contribution in [-0.2, 0) is 11.3 Å². The van der Waals surface area contributed by atoms with Crippen molar-refractivity contribution >= 4 is 0 Å². The van der Waals surface area contributed by atoms with Crippen LogP contribution in [0.5, 0.6) is 0 Å². The van der Waals surface area contributed by atoms with Crippen molar-refractivity contribution in [2.75, 3.05) is 13.7 Å². The van der Waals surface area contributed by atoms with Crippen LogP contribution in [0.2, 0.25) is 0 Å². The number of pyridine rings is 1. The third-order valence-corrected chi connectivity index (χ3v) is 2.74. The first-order valence-electron chi connectivity index (χ1n) is 6.16. The van der Waals surface area contributed by atoms with E-state index >= 15 is 0 Å². The molecule has 0 atom stereocenters. The first-order valence-corrected chi connectivity index (χ1v) is 6.16. The number of ether oxygens (including phenoxy) is 1. The average Bonchev–Trinajstić information content (AvgIpc) is 2.75. The van der Waals surface area contributed by atoms with Gasteiger partial charge in [0, 0.05) is 37.3 Å². The Morgan fingerprint density at radius 3 is 2.89 bits per heavy atom. The smallest absolute Gasteiger partial charge is 0.131 e. The Labute approximate surface area is 113 Å². The van der Waals surface area contributed by atoms with Gasteiger partial charge in [0.15, 0.2) is 0 Å². The Morgan fingerprint density at radius 2 is 2.16 bits per heavy atom. The summed E-state index contributed by atoms with van der Waals surface area (Å²) < 4.78 is 7.11. The van der Waals surface area contributed by atoms with Crippen LogP contribution in [0.3, 0.4) is 0 Å². The summed E-state index contributed by atoms with van der Waals surface area (Å²) in [5, 5.41) is 0. The van der Waals surface area contributed by atoms with E-state index in [0.29, 0.717) is 6.61 Å². The molecule has 4 heteroatoms. The fourth-order valence-electron chi connectivity index (χ4n) is 1.74. The van der Waals surface area contributed by atoms with Crippen molar-refractivity contribution in [3.05, 3.63) is 47.3 Å². The van der Waals surface area contributed by atoms with Crippen molar-refractivity contribution in [3.63, 3.8) is 0 Å². The topological polar surface area (TPSA) is 39.9 Å². The van der Waals surface area contributed by atoms with Gasteiger partial charge < -0.3 is 9.30 Å². The first-order chi connectivity index (χ1) is 9.19. The van der Waals surface area contributed by atoms with Crippen LogP contribution < -0.4 is 0 Å². The lowest BCUT2D eigenvalue weighted by Crippen LogP contribution is -2.04. The van der Waals surface area contributed by atoms with Gasteiger partial charge in [0.1, 0.15) is 11.5 Å². The molecular formula is C15H17N3O. The predicted molar refractivity (Wildman–Crippen MR) is 73.8 cm³/mol. The summed E-state index contributed by atoms with van der Waals surface area (Å²) in [6, 6.07) is 3.86. The molecular weight excluding hydrogens is 238 g/mol. The number of methoxy groups -OCH3 is 1. The molecule has 0 amide bonds. The molecule has 0 saturated heterocycles. The third-order valence-electron chi connectivity index (χ3n) is 2.74. The second kappa shape index (κ2) is 6.17. The molecule has 2 heterocycles. The largest absolute Gasteiger partial charge is 0.383 e. The molecule has 0 N–H and O–H groups in total. The van der Waals surface area contributed by atoms with Crippen molar-refractivity contribution in [2.45, 2.75) is 20.4 Å². The zero-order chi connectivity index (χ0) is 13.7. The SMILES string of the molecule is COCCn1cc(C#Cc2ccnc(C)c2)nc1C. The molecule has 4 nitrogen and oxygen atoms in total. The van der Waals surface area contributed by atoms with Gasteiger partial charge in [-0.1, -0.05) is 5.92 Å². The van der Waals surface area contributed by atoms with E-state index in [2.05, 4.69) is 21.8 Å². The minimum absolute atomic E-state index is 0.674. The Hall–Kier alpha value is -2.12. The van der Waals surface area contributed by atoms with Crippen LogP contribution in [0.1, 0.15) is 22.8 Å². The second-order valence-corrected chi connectivity index (χ2v) is 4.30. The molecule has 0 aliphatic carbocycles. The number of hydrogen-bond donors (Lipinski definition) is 0. The molecule has 0 aliphatic rings. The molecule has 0 aromatic carbocycles. The quantitative estimate of drug-likeness (QED) is 0.787. The molecule has 98 valence electrons. The minimum atomic E-state index is 0.674. The number of aromatic nitrogens is 3. The molecule has 2 rings (SSSR count). The first kappa shape index (κ1) is 13.3. The number of aryl methyl sites for hydroxylation is 2. The Balaban J connectivity index is 2.16. The summed E-state index contributed by atoms with van der Waals surface area (Å²) >= 11 is 0. The van der Waals surface area contributed by atoms with Crippen LogP contribution in [-0.4, -0.2) is 28.3 Å². The van der Waals surface area contributed by atoms with Crippen molar-refractivity contribution in [1.82, 2.24) is 14.5 Å². The monoisotopic (exact) mass is 255 g/mol. The van der Waals surface area contributed by atoms with Crippen LogP contribution in [0.25, 0.3) is 0 Å². The summed E-state index contributed by atoms with van der Waals surface area (Å²) in [6.45, 7) is 5.39. The van der Waals surface area contributed by atoms with Crippen LogP contribution in [0.4, 0.5) is 0 Å². The average molecular weight is 255 g/mol. The van der Waals surface area contributed by atoms with Crippen molar-refractivity contribution < 1.29 is 4.74 Å². The van der Waals surface area contributed by atoms with E-state index in [4.69, 9.17) is 4.74 Å². The maximum Gasteiger partial charge on any atom is 0.131 e. The Kier molecular flexibility index (Phi) is 4.32. The Morgan fingerprint density at radius 1 is 1.32 bits per heavy atom. The zero-order valence-corrected chi connectivity index (χ0v) is 11.5. The Bertz CT molecular complexity index is 620. The molecule has 2 aromatic heterocycles. The summed E-state index contributed by atoms with van der Waals surface area (Å²) in [7, 11) is 1.69. The lowest BCUT2D eigenvalue weighted by molar-refractivity contribution is 0.186. The molecule has 0 fully saturated rings. The van der Waals surface area contributed by atoms with Gasteiger partial charge in [-0.3, -0.25) is 4.98 Å². The van der Waals surface area contributed by atoms with Crippen molar-refractivity contribution in [3.8, 4) is 11.8 Å². The highest BCUT2D eigenvalue weighted by Crippen LogP contribution is 2.03. The molecule has 0 radical (unpaired) electrons. The number of rotatable bonds is 3. The number of imidazole rings is 1. The summed E-state index contributed by atoms with van der Waals surface area (Å²) in [5.41, 5.74) is 2.70. The number of nitrogens with zero attached hydrogens (tertiary/aromatic N) is 3. The van der Waals surface area contributed by atoms with E-state index in [-0.39, 0.29) is 0 Å². The molecule has 0 saturated carbocycles. The van der Waals surface area contributed by atoms with Crippen molar-refractivity contribution in [1.29, 1.82) is 0 Å². The van der Waals surface area contributed by atoms with Gasteiger partial charge in [0.05, 0.1) is 6.61 Å². The summed E-state index contributed by atoms with van der Waals surface area (Å²) in [5.74, 6) is 7.13. The normalized spacial score (nSPS) is 10.1. The molecule has 0 aliphatic heterocycles.